The number of rotatable bonds is 3. The fourth-order valence-electron chi connectivity index (χ4n) is 3.95. The first-order valence-electron chi connectivity index (χ1n) is 9.58. The lowest BCUT2D eigenvalue weighted by molar-refractivity contribution is 0.0695. The van der Waals surface area contributed by atoms with Gasteiger partial charge in [-0.3, -0.25) is 4.79 Å². The smallest absolute Gasteiger partial charge is 0.341 e. The number of fused-ring (bicyclic) bond motifs is 1. The molecular weight excluding hydrogens is 411 g/mol. The van der Waals surface area contributed by atoms with Gasteiger partial charge in [0.15, 0.2) is 0 Å². The van der Waals surface area contributed by atoms with Crippen LogP contribution in [0.5, 0.6) is 0 Å². The van der Waals surface area contributed by atoms with E-state index in [1.807, 2.05) is 13.8 Å². The number of benzene rings is 2. The number of nitrogens with zero attached hydrogens (tertiary/aromatic N) is 2. The molecule has 6 nitrogen and oxygen atoms in total. The molecule has 9 heteroatoms. The molecule has 1 aromatic heterocycles. The van der Waals surface area contributed by atoms with E-state index in [9.17, 15) is 23.5 Å². The van der Waals surface area contributed by atoms with Crippen molar-refractivity contribution >= 4 is 22.6 Å². The molecule has 0 amide bonds. The summed E-state index contributed by atoms with van der Waals surface area (Å²) in [5.74, 6) is -4.04. The largest absolute Gasteiger partial charge is 0.477 e. The van der Waals surface area contributed by atoms with Gasteiger partial charge in [0.25, 0.3) is 0 Å². The number of pyridine rings is 1. The van der Waals surface area contributed by atoms with Crippen LogP contribution in [0.3, 0.4) is 0 Å². The van der Waals surface area contributed by atoms with Gasteiger partial charge in [0.2, 0.25) is 5.43 Å². The highest BCUT2D eigenvalue weighted by Crippen LogP contribution is 2.35. The summed E-state index contributed by atoms with van der Waals surface area (Å²) in [6.07, 6.45) is 0.963. The fraction of sp³-hybridized carbons (Fsp3) is 0.273. The van der Waals surface area contributed by atoms with Gasteiger partial charge in [0.1, 0.15) is 23.0 Å². The van der Waals surface area contributed by atoms with Gasteiger partial charge < -0.3 is 20.3 Å². The summed E-state index contributed by atoms with van der Waals surface area (Å²) in [5, 5.41) is 9.18. The number of aromatic nitrogens is 1. The molecule has 1 atom stereocenters. The molecule has 0 saturated carbocycles. The lowest BCUT2D eigenvalue weighted by atomic mass is 9.89. The molecule has 0 bridgehead atoms. The van der Waals surface area contributed by atoms with Crippen LogP contribution in [0.15, 0.2) is 41.3 Å². The molecule has 31 heavy (non-hydrogen) atoms. The highest BCUT2D eigenvalue weighted by molar-refractivity contribution is 5.94. The van der Waals surface area contributed by atoms with E-state index in [2.05, 4.69) is 0 Å². The molecule has 3 aromatic rings. The van der Waals surface area contributed by atoms with Crippen molar-refractivity contribution in [2.75, 3.05) is 18.0 Å². The van der Waals surface area contributed by atoms with Crippen LogP contribution in [0, 0.1) is 22.9 Å². The van der Waals surface area contributed by atoms with E-state index in [1.54, 1.807) is 4.90 Å². The number of carboxylic acids is 1. The number of nitrogens with two attached hydrogens (primary N) is 1. The van der Waals surface area contributed by atoms with Gasteiger partial charge in [-0.25, -0.2) is 18.0 Å². The number of aromatic carboxylic acids is 1. The molecule has 2 aromatic carbocycles. The maximum absolute atomic E-state index is 15.0. The van der Waals surface area contributed by atoms with Gasteiger partial charge >= 0.3 is 5.97 Å². The van der Waals surface area contributed by atoms with Crippen molar-refractivity contribution in [2.45, 2.75) is 19.9 Å². The summed E-state index contributed by atoms with van der Waals surface area (Å²) in [4.78, 5) is 26.0. The first kappa shape index (κ1) is 20.9. The summed E-state index contributed by atoms with van der Waals surface area (Å²) < 4.78 is 44.1. The number of hydrogen-bond donors (Lipinski definition) is 2. The zero-order valence-corrected chi connectivity index (χ0v) is 16.8. The molecule has 162 valence electrons. The number of anilines is 1. The molecule has 2 heterocycles. The molecule has 3 N–H and O–H groups in total. The summed E-state index contributed by atoms with van der Waals surface area (Å²) in [6.45, 7) is 4.75. The number of halogens is 3. The fourth-order valence-corrected chi connectivity index (χ4v) is 3.95. The Bertz CT molecular complexity index is 1290. The average molecular weight is 431 g/mol. The predicted molar refractivity (Wildman–Crippen MR) is 110 cm³/mol. The molecule has 0 aliphatic carbocycles. The Kier molecular flexibility index (Phi) is 4.81. The van der Waals surface area contributed by atoms with Crippen molar-refractivity contribution < 1.29 is 23.1 Å². The van der Waals surface area contributed by atoms with E-state index in [4.69, 9.17) is 5.73 Å². The molecular formula is C22H20F3N3O3. The van der Waals surface area contributed by atoms with E-state index in [-0.39, 0.29) is 33.7 Å². The normalized spacial score (nSPS) is 18.0. The van der Waals surface area contributed by atoms with Crippen LogP contribution >= 0.6 is 0 Å². The highest BCUT2D eigenvalue weighted by Gasteiger charge is 2.38. The molecule has 0 radical (unpaired) electrons. The maximum atomic E-state index is 15.0. The van der Waals surface area contributed by atoms with E-state index in [0.29, 0.717) is 19.2 Å². The topological polar surface area (TPSA) is 88.6 Å². The zero-order chi connectivity index (χ0) is 22.7. The Labute approximate surface area is 175 Å². The summed E-state index contributed by atoms with van der Waals surface area (Å²) in [7, 11) is 0. The third-order valence-corrected chi connectivity index (χ3v) is 5.83. The molecule has 1 unspecified atom stereocenters. The molecule has 1 aliphatic rings. The molecule has 4 rings (SSSR count). The van der Waals surface area contributed by atoms with Crippen LogP contribution in [0.4, 0.5) is 18.9 Å². The second-order valence-electron chi connectivity index (χ2n) is 8.44. The van der Waals surface area contributed by atoms with E-state index >= 15 is 4.39 Å². The van der Waals surface area contributed by atoms with Crippen molar-refractivity contribution in [1.29, 1.82) is 0 Å². The van der Waals surface area contributed by atoms with Gasteiger partial charge in [-0.2, -0.15) is 0 Å². The molecule has 1 aliphatic heterocycles. The van der Waals surface area contributed by atoms with Gasteiger partial charge in [0, 0.05) is 36.8 Å². The lowest BCUT2D eigenvalue weighted by Gasteiger charge is -2.23. The van der Waals surface area contributed by atoms with Crippen molar-refractivity contribution in [3.05, 3.63) is 69.8 Å². The van der Waals surface area contributed by atoms with Crippen LogP contribution < -0.4 is 16.1 Å². The van der Waals surface area contributed by atoms with E-state index in [0.717, 1.165) is 29.0 Å². The Morgan fingerprint density at radius 1 is 1.13 bits per heavy atom. The Morgan fingerprint density at radius 2 is 1.81 bits per heavy atom. The van der Waals surface area contributed by atoms with Crippen LogP contribution in [0.25, 0.3) is 16.6 Å². The van der Waals surface area contributed by atoms with Crippen LogP contribution in [0.2, 0.25) is 0 Å². The molecule has 1 fully saturated rings. The number of carbonyl (C=O) groups is 1. The SMILES string of the molecule is CC1(C)CN(c2cc3c(cc2F)c(=O)c(C(=O)O)cn3-c2ccc(F)cc2F)CC1N. The standard InChI is InChI=1S/C22H20F3N3O3/c1-22(2)10-27(9-19(22)26)18-7-17-12(6-15(18)25)20(29)13(21(30)31)8-28(17)16-4-3-11(23)5-14(16)24/h3-8,19H,9-10,26H2,1-2H3,(H,30,31). The minimum absolute atomic E-state index is 0.0928. The first-order valence-corrected chi connectivity index (χ1v) is 9.58. The Balaban J connectivity index is 2.02. The zero-order valence-electron chi connectivity index (χ0n) is 16.8. The Morgan fingerprint density at radius 3 is 2.39 bits per heavy atom. The third-order valence-electron chi connectivity index (χ3n) is 5.83. The van der Waals surface area contributed by atoms with Gasteiger partial charge in [0.05, 0.1) is 16.9 Å². The van der Waals surface area contributed by atoms with Gasteiger partial charge in [-0.1, -0.05) is 13.8 Å². The Hall–Kier alpha value is -3.33. The molecule has 1 saturated heterocycles. The van der Waals surface area contributed by atoms with E-state index < -0.39 is 34.4 Å². The number of carboxylic acid groups (broad SMARTS) is 1. The van der Waals surface area contributed by atoms with Crippen molar-refractivity contribution in [3.63, 3.8) is 0 Å². The maximum Gasteiger partial charge on any atom is 0.341 e. The molecule has 0 spiro atoms. The highest BCUT2D eigenvalue weighted by atomic mass is 19.1. The van der Waals surface area contributed by atoms with E-state index in [1.165, 1.54) is 6.07 Å². The summed E-state index contributed by atoms with van der Waals surface area (Å²) >= 11 is 0. The number of hydrogen-bond acceptors (Lipinski definition) is 4. The van der Waals surface area contributed by atoms with Gasteiger partial charge in [-0.15, -0.1) is 0 Å². The second-order valence-corrected chi connectivity index (χ2v) is 8.44. The van der Waals surface area contributed by atoms with Crippen LogP contribution in [-0.2, 0) is 0 Å². The summed E-state index contributed by atoms with van der Waals surface area (Å²) in [5.41, 5.74) is 4.40. The van der Waals surface area contributed by atoms with Crippen LogP contribution in [-0.4, -0.2) is 34.8 Å². The third kappa shape index (κ3) is 3.44. The first-order chi connectivity index (χ1) is 14.5. The van der Waals surface area contributed by atoms with Crippen LogP contribution in [0.1, 0.15) is 24.2 Å². The minimum Gasteiger partial charge on any atom is -0.477 e. The van der Waals surface area contributed by atoms with Crippen molar-refractivity contribution in [2.24, 2.45) is 11.1 Å². The minimum atomic E-state index is -1.54. The quantitative estimate of drug-likeness (QED) is 0.665. The van der Waals surface area contributed by atoms with Gasteiger partial charge in [-0.05, 0) is 29.7 Å². The average Bonchev–Trinajstić information content (AvgIpc) is 2.95. The second kappa shape index (κ2) is 7.12. The lowest BCUT2D eigenvalue weighted by Crippen LogP contribution is -2.35. The predicted octanol–water partition coefficient (Wildman–Crippen LogP) is 3.28. The monoisotopic (exact) mass is 431 g/mol. The van der Waals surface area contributed by atoms with Crippen molar-refractivity contribution in [3.8, 4) is 5.69 Å². The van der Waals surface area contributed by atoms with Crippen molar-refractivity contribution in [1.82, 2.24) is 4.57 Å². The summed E-state index contributed by atoms with van der Waals surface area (Å²) in [6, 6.07) is 4.89.